The van der Waals surface area contributed by atoms with Crippen molar-refractivity contribution in [3.63, 3.8) is 0 Å². The molecule has 5 nitrogen and oxygen atoms in total. The topological polar surface area (TPSA) is 60.9 Å². The minimum atomic E-state index is -0.742. The van der Waals surface area contributed by atoms with Crippen molar-refractivity contribution in [2.24, 2.45) is 17.3 Å². The van der Waals surface area contributed by atoms with Crippen LogP contribution in [0.4, 0.5) is 4.79 Å². The quantitative estimate of drug-likeness (QED) is 0.808. The summed E-state index contributed by atoms with van der Waals surface area (Å²) in [7, 11) is 0. The lowest BCUT2D eigenvalue weighted by molar-refractivity contribution is -0.142. The summed E-state index contributed by atoms with van der Waals surface area (Å²) in [6.45, 7) is 8.31. The van der Waals surface area contributed by atoms with E-state index in [9.17, 15) is 14.7 Å². The Bertz CT molecular complexity index is 457. The van der Waals surface area contributed by atoms with Gasteiger partial charge in [-0.1, -0.05) is 20.8 Å². The number of carboxylic acid groups (broad SMARTS) is 1. The average molecular weight is 294 g/mol. The molecule has 4 unspecified atom stereocenters. The molecule has 4 atom stereocenters. The second kappa shape index (κ2) is 4.89. The predicted molar refractivity (Wildman–Crippen MR) is 78.9 cm³/mol. The molecule has 21 heavy (non-hydrogen) atoms. The molecule has 0 aromatic carbocycles. The molecule has 0 aromatic rings. The maximum absolute atomic E-state index is 12.8. The summed E-state index contributed by atoms with van der Waals surface area (Å²) < 4.78 is 0. The highest BCUT2D eigenvalue weighted by Gasteiger charge is 2.52. The minimum absolute atomic E-state index is 0.0753. The first kappa shape index (κ1) is 14.7. The number of amides is 2. The van der Waals surface area contributed by atoms with Gasteiger partial charge in [-0.05, 0) is 37.0 Å². The van der Waals surface area contributed by atoms with Crippen LogP contribution in [0.2, 0.25) is 0 Å². The van der Waals surface area contributed by atoms with Crippen LogP contribution in [-0.2, 0) is 4.79 Å². The molecule has 3 rings (SSSR count). The number of urea groups is 1. The van der Waals surface area contributed by atoms with E-state index in [1.807, 2.05) is 9.80 Å². The summed E-state index contributed by atoms with van der Waals surface area (Å²) in [5, 5.41) is 9.30. The number of nitrogens with zero attached hydrogens (tertiary/aromatic N) is 2. The van der Waals surface area contributed by atoms with Gasteiger partial charge in [-0.15, -0.1) is 0 Å². The van der Waals surface area contributed by atoms with Crippen molar-refractivity contribution in [3.8, 4) is 0 Å². The van der Waals surface area contributed by atoms with Gasteiger partial charge in [0.05, 0.1) is 5.92 Å². The number of carbonyl (C=O) groups excluding carboxylic acids is 1. The third-order valence-corrected chi connectivity index (χ3v) is 5.76. The molecule has 0 radical (unpaired) electrons. The van der Waals surface area contributed by atoms with Gasteiger partial charge in [0.15, 0.2) is 0 Å². The molecular weight excluding hydrogens is 268 g/mol. The zero-order chi connectivity index (χ0) is 15.4. The number of carboxylic acids is 1. The van der Waals surface area contributed by atoms with Crippen LogP contribution in [0.5, 0.6) is 0 Å². The molecule has 3 aliphatic rings. The summed E-state index contributed by atoms with van der Waals surface area (Å²) in [4.78, 5) is 28.0. The standard InChI is InChI=1S/C16H26N2O3/c1-16(2,3)10-6-7-17(9-10)15(21)18-11-4-5-13(18)12(8-11)14(19)20/h10-13H,4-9H2,1-3H3,(H,19,20). The van der Waals surface area contributed by atoms with E-state index in [4.69, 9.17) is 0 Å². The lowest BCUT2D eigenvalue weighted by Crippen LogP contribution is -2.46. The number of aliphatic carboxylic acids is 1. The minimum Gasteiger partial charge on any atom is -0.481 e. The first-order valence-corrected chi connectivity index (χ1v) is 8.09. The van der Waals surface area contributed by atoms with E-state index in [1.54, 1.807) is 0 Å². The smallest absolute Gasteiger partial charge is 0.320 e. The molecule has 3 saturated heterocycles. The zero-order valence-electron chi connectivity index (χ0n) is 13.2. The van der Waals surface area contributed by atoms with Crippen LogP contribution in [0, 0.1) is 17.3 Å². The molecule has 3 aliphatic heterocycles. The molecule has 0 saturated carbocycles. The fourth-order valence-electron chi connectivity index (χ4n) is 4.36. The van der Waals surface area contributed by atoms with Crippen molar-refractivity contribution in [2.45, 2.75) is 58.5 Å². The van der Waals surface area contributed by atoms with Crippen molar-refractivity contribution < 1.29 is 14.7 Å². The Hall–Kier alpha value is -1.26. The molecule has 118 valence electrons. The molecular formula is C16H26N2O3. The number of hydrogen-bond donors (Lipinski definition) is 1. The molecule has 2 amide bonds. The Kier molecular flexibility index (Phi) is 3.41. The average Bonchev–Trinajstić information content (AvgIpc) is 3.10. The van der Waals surface area contributed by atoms with Crippen LogP contribution in [0.15, 0.2) is 0 Å². The highest BCUT2D eigenvalue weighted by Crippen LogP contribution is 2.43. The first-order chi connectivity index (χ1) is 9.79. The number of fused-ring (bicyclic) bond motifs is 2. The number of carbonyl (C=O) groups is 2. The van der Waals surface area contributed by atoms with E-state index < -0.39 is 5.97 Å². The van der Waals surface area contributed by atoms with E-state index in [0.717, 1.165) is 32.4 Å². The zero-order valence-corrected chi connectivity index (χ0v) is 13.2. The van der Waals surface area contributed by atoms with Gasteiger partial charge in [0.1, 0.15) is 0 Å². The van der Waals surface area contributed by atoms with Gasteiger partial charge in [-0.2, -0.15) is 0 Å². The maximum atomic E-state index is 12.8. The molecule has 0 spiro atoms. The normalized spacial score (nSPS) is 35.6. The molecule has 3 fully saturated rings. The second-order valence-corrected chi connectivity index (χ2v) is 7.97. The van der Waals surface area contributed by atoms with Crippen LogP contribution in [0.25, 0.3) is 0 Å². The van der Waals surface area contributed by atoms with E-state index in [0.29, 0.717) is 12.3 Å². The molecule has 0 aliphatic carbocycles. The van der Waals surface area contributed by atoms with Gasteiger partial charge in [0, 0.05) is 25.2 Å². The third-order valence-electron chi connectivity index (χ3n) is 5.76. The van der Waals surface area contributed by atoms with Crippen molar-refractivity contribution in [2.75, 3.05) is 13.1 Å². The van der Waals surface area contributed by atoms with Crippen molar-refractivity contribution in [1.82, 2.24) is 9.80 Å². The van der Waals surface area contributed by atoms with Crippen LogP contribution in [0.3, 0.4) is 0 Å². The predicted octanol–water partition coefficient (Wildman–Crippen LogP) is 2.41. The number of likely N-dealkylation sites (tertiary alicyclic amines) is 1. The van der Waals surface area contributed by atoms with Crippen molar-refractivity contribution in [1.29, 1.82) is 0 Å². The van der Waals surface area contributed by atoms with Gasteiger partial charge in [0.25, 0.3) is 0 Å². The Morgan fingerprint density at radius 3 is 2.38 bits per heavy atom. The summed E-state index contributed by atoms with van der Waals surface area (Å²) in [6, 6.07) is 0.156. The Labute approximate surface area is 126 Å². The summed E-state index contributed by atoms with van der Waals surface area (Å²) >= 11 is 0. The van der Waals surface area contributed by atoms with Crippen LogP contribution in [-0.4, -0.2) is 52.1 Å². The fourth-order valence-corrected chi connectivity index (χ4v) is 4.36. The van der Waals surface area contributed by atoms with E-state index >= 15 is 0 Å². The Balaban J connectivity index is 1.69. The Morgan fingerprint density at radius 1 is 1.14 bits per heavy atom. The highest BCUT2D eigenvalue weighted by molar-refractivity contribution is 5.79. The van der Waals surface area contributed by atoms with Crippen molar-refractivity contribution >= 4 is 12.0 Å². The lowest BCUT2D eigenvalue weighted by atomic mass is 9.80. The molecule has 5 heteroatoms. The van der Waals surface area contributed by atoms with Crippen LogP contribution < -0.4 is 0 Å². The van der Waals surface area contributed by atoms with Gasteiger partial charge >= 0.3 is 12.0 Å². The molecule has 1 N–H and O–H groups in total. The molecule has 3 heterocycles. The van der Waals surface area contributed by atoms with Gasteiger partial charge in [-0.25, -0.2) is 4.79 Å². The monoisotopic (exact) mass is 294 g/mol. The van der Waals surface area contributed by atoms with E-state index in [-0.39, 0.29) is 29.4 Å². The summed E-state index contributed by atoms with van der Waals surface area (Å²) in [5.41, 5.74) is 0.225. The highest BCUT2D eigenvalue weighted by atomic mass is 16.4. The Morgan fingerprint density at radius 2 is 1.86 bits per heavy atom. The van der Waals surface area contributed by atoms with Crippen molar-refractivity contribution in [3.05, 3.63) is 0 Å². The second-order valence-electron chi connectivity index (χ2n) is 7.97. The molecule has 0 aromatic heterocycles. The third kappa shape index (κ3) is 2.40. The van der Waals surface area contributed by atoms with Gasteiger partial charge < -0.3 is 14.9 Å². The molecule has 2 bridgehead atoms. The van der Waals surface area contributed by atoms with Crippen LogP contribution in [0.1, 0.15) is 46.5 Å². The fraction of sp³-hybridized carbons (Fsp3) is 0.875. The van der Waals surface area contributed by atoms with Crippen LogP contribution >= 0.6 is 0 Å². The SMILES string of the molecule is CC(C)(C)C1CCN(C(=O)N2C3CCC2C(C(=O)O)C3)C1. The lowest BCUT2D eigenvalue weighted by Gasteiger charge is -2.30. The van der Waals surface area contributed by atoms with Gasteiger partial charge in [0.2, 0.25) is 0 Å². The summed E-state index contributed by atoms with van der Waals surface area (Å²) in [5.74, 6) is -0.556. The largest absolute Gasteiger partial charge is 0.481 e. The summed E-state index contributed by atoms with van der Waals surface area (Å²) in [6.07, 6.45) is 3.52. The van der Waals surface area contributed by atoms with E-state index in [2.05, 4.69) is 20.8 Å². The maximum Gasteiger partial charge on any atom is 0.320 e. The number of hydrogen-bond acceptors (Lipinski definition) is 2. The number of rotatable bonds is 1. The van der Waals surface area contributed by atoms with E-state index in [1.165, 1.54) is 0 Å². The van der Waals surface area contributed by atoms with Gasteiger partial charge in [-0.3, -0.25) is 4.79 Å². The first-order valence-electron chi connectivity index (χ1n) is 8.09.